The summed E-state index contributed by atoms with van der Waals surface area (Å²) >= 11 is 0. The predicted octanol–water partition coefficient (Wildman–Crippen LogP) is 2.49. The number of aromatic nitrogens is 3. The number of rotatable bonds is 5. The van der Waals surface area contributed by atoms with Gasteiger partial charge in [0.1, 0.15) is 0 Å². The molecule has 0 atom stereocenters. The molecule has 3 aromatic rings. The van der Waals surface area contributed by atoms with Crippen molar-refractivity contribution < 1.29 is 26.7 Å². The number of methoxy groups -OCH3 is 1. The molecule has 0 saturated carbocycles. The lowest BCUT2D eigenvalue weighted by molar-refractivity contribution is 0.0596. The molecular formula is C16H14F2N4O4S. The molecule has 0 spiro atoms. The van der Waals surface area contributed by atoms with Crippen LogP contribution in [0.25, 0.3) is 10.8 Å². The first-order valence-corrected chi connectivity index (χ1v) is 9.03. The number of nitrogens with one attached hydrogen (secondary N) is 1. The Kier molecular flexibility index (Phi) is 4.79. The summed E-state index contributed by atoms with van der Waals surface area (Å²) in [5.41, 5.74) is -1.06. The summed E-state index contributed by atoms with van der Waals surface area (Å²) in [6, 6.07) is 5.64. The topological polar surface area (TPSA) is 103 Å². The summed E-state index contributed by atoms with van der Waals surface area (Å²) in [5.74, 6) is -0.727. The van der Waals surface area contributed by atoms with Gasteiger partial charge >= 0.3 is 5.97 Å². The second-order valence-electron chi connectivity index (χ2n) is 5.51. The first kappa shape index (κ1) is 18.7. The van der Waals surface area contributed by atoms with Gasteiger partial charge in [0, 0.05) is 30.2 Å². The molecule has 0 fully saturated rings. The number of benzene rings is 1. The Balaban J connectivity index is 2.13. The van der Waals surface area contributed by atoms with Crippen LogP contribution in [0.2, 0.25) is 0 Å². The lowest BCUT2D eigenvalue weighted by atomic mass is 10.1. The maximum atomic E-state index is 13.1. The summed E-state index contributed by atoms with van der Waals surface area (Å²) in [5, 5.41) is 4.02. The molecule has 0 bridgehead atoms. The minimum atomic E-state index is -4.25. The van der Waals surface area contributed by atoms with Crippen molar-refractivity contribution in [2.75, 3.05) is 11.8 Å². The number of fused-ring (bicyclic) bond motifs is 1. The van der Waals surface area contributed by atoms with Gasteiger partial charge in [0.25, 0.3) is 16.4 Å². The van der Waals surface area contributed by atoms with Crippen molar-refractivity contribution in [1.82, 2.24) is 14.8 Å². The molecule has 0 aliphatic rings. The molecule has 0 saturated heterocycles. The van der Waals surface area contributed by atoms with Gasteiger partial charge in [-0.1, -0.05) is 12.1 Å². The molecule has 0 aliphatic heterocycles. The van der Waals surface area contributed by atoms with Gasteiger partial charge in [-0.15, -0.1) is 0 Å². The van der Waals surface area contributed by atoms with Gasteiger partial charge in [0.15, 0.2) is 11.4 Å². The Labute approximate surface area is 152 Å². The first-order valence-electron chi connectivity index (χ1n) is 7.55. The number of carbonyl (C=O) groups is 1. The van der Waals surface area contributed by atoms with Crippen molar-refractivity contribution in [1.29, 1.82) is 0 Å². The van der Waals surface area contributed by atoms with E-state index in [2.05, 4.69) is 19.5 Å². The molecule has 11 heteroatoms. The maximum absolute atomic E-state index is 13.1. The number of pyridine rings is 1. The fourth-order valence-electron chi connectivity index (χ4n) is 2.62. The van der Waals surface area contributed by atoms with Crippen molar-refractivity contribution >= 4 is 32.5 Å². The predicted molar refractivity (Wildman–Crippen MR) is 92.1 cm³/mol. The van der Waals surface area contributed by atoms with Crippen LogP contribution in [-0.4, -0.2) is 36.3 Å². The maximum Gasteiger partial charge on any atom is 0.357 e. The number of halogens is 2. The van der Waals surface area contributed by atoms with E-state index < -0.39 is 28.1 Å². The Morgan fingerprint density at radius 3 is 2.67 bits per heavy atom. The highest BCUT2D eigenvalue weighted by Crippen LogP contribution is 2.30. The second kappa shape index (κ2) is 6.91. The van der Waals surface area contributed by atoms with Crippen molar-refractivity contribution in [3.63, 3.8) is 0 Å². The Morgan fingerprint density at radius 2 is 2.00 bits per heavy atom. The molecule has 1 aromatic carbocycles. The lowest BCUT2D eigenvalue weighted by Crippen LogP contribution is -2.15. The average molecular weight is 396 g/mol. The van der Waals surface area contributed by atoms with Gasteiger partial charge in [-0.3, -0.25) is 9.40 Å². The fourth-order valence-corrected chi connectivity index (χ4v) is 3.90. The van der Waals surface area contributed by atoms with Crippen molar-refractivity contribution in [2.45, 2.75) is 11.3 Å². The van der Waals surface area contributed by atoms with Gasteiger partial charge in [-0.2, -0.15) is 5.10 Å². The van der Waals surface area contributed by atoms with Crippen LogP contribution in [0.15, 0.2) is 41.6 Å². The van der Waals surface area contributed by atoms with Gasteiger partial charge in [-0.05, 0) is 12.1 Å². The van der Waals surface area contributed by atoms with Crippen LogP contribution < -0.4 is 4.72 Å². The molecule has 2 aromatic heterocycles. The number of nitrogens with zero attached hydrogens (tertiary/aromatic N) is 3. The first-order chi connectivity index (χ1) is 12.7. The van der Waals surface area contributed by atoms with Crippen LogP contribution in [0.3, 0.4) is 0 Å². The lowest BCUT2D eigenvalue weighted by Gasteiger charge is -2.11. The third-order valence-corrected chi connectivity index (χ3v) is 5.17. The standard InChI is InChI=1S/C16H14F2N4O4S/c1-22-8-11(14(20-22)15(17)18)21-27(24,25)12-5-3-4-10-9(12)6-7-19-13(10)16(23)26-2/h3-8,15,21H,1-2H3. The van der Waals surface area contributed by atoms with Crippen molar-refractivity contribution in [2.24, 2.45) is 7.05 Å². The number of anilines is 1. The number of hydrogen-bond donors (Lipinski definition) is 1. The number of ether oxygens (including phenoxy) is 1. The van der Waals surface area contributed by atoms with Crippen LogP contribution in [-0.2, 0) is 21.8 Å². The number of hydrogen-bond acceptors (Lipinski definition) is 6. The normalized spacial score (nSPS) is 11.7. The molecule has 27 heavy (non-hydrogen) atoms. The van der Waals surface area contributed by atoms with E-state index in [0.717, 1.165) is 10.9 Å². The quantitative estimate of drug-likeness (QED) is 0.665. The Bertz CT molecular complexity index is 1130. The van der Waals surface area contributed by atoms with Gasteiger partial charge < -0.3 is 4.74 Å². The summed E-state index contributed by atoms with van der Waals surface area (Å²) in [7, 11) is -1.67. The van der Waals surface area contributed by atoms with Crippen LogP contribution in [0.4, 0.5) is 14.5 Å². The summed E-state index contributed by atoms with van der Waals surface area (Å²) < 4.78 is 59.7. The molecular weight excluding hydrogens is 382 g/mol. The van der Waals surface area contributed by atoms with Crippen LogP contribution in [0.1, 0.15) is 22.6 Å². The molecule has 142 valence electrons. The van der Waals surface area contributed by atoms with E-state index >= 15 is 0 Å². The monoisotopic (exact) mass is 396 g/mol. The number of carbonyl (C=O) groups excluding carboxylic acids is 1. The zero-order chi connectivity index (χ0) is 19.8. The van der Waals surface area contributed by atoms with Crippen molar-refractivity contribution in [3.8, 4) is 0 Å². The molecule has 3 rings (SSSR count). The second-order valence-corrected chi connectivity index (χ2v) is 7.16. The van der Waals surface area contributed by atoms with Gasteiger partial charge in [0.2, 0.25) is 0 Å². The van der Waals surface area contributed by atoms with Crippen LogP contribution >= 0.6 is 0 Å². The highest BCUT2D eigenvalue weighted by molar-refractivity contribution is 7.93. The number of alkyl halides is 2. The SMILES string of the molecule is COC(=O)c1nccc2c(S(=O)(=O)Nc3cn(C)nc3C(F)F)cccc12. The van der Waals surface area contributed by atoms with E-state index in [0.29, 0.717) is 0 Å². The Hall–Kier alpha value is -3.08. The molecule has 2 heterocycles. The largest absolute Gasteiger partial charge is 0.464 e. The van der Waals surface area contributed by atoms with E-state index in [1.165, 1.54) is 44.6 Å². The van der Waals surface area contributed by atoms with E-state index in [-0.39, 0.29) is 27.0 Å². The van der Waals surface area contributed by atoms with Crippen LogP contribution in [0, 0.1) is 0 Å². The minimum Gasteiger partial charge on any atom is -0.464 e. The van der Waals surface area contributed by atoms with E-state index in [9.17, 15) is 22.0 Å². The molecule has 0 amide bonds. The van der Waals surface area contributed by atoms with E-state index in [4.69, 9.17) is 0 Å². The van der Waals surface area contributed by atoms with Crippen molar-refractivity contribution in [3.05, 3.63) is 48.0 Å². The van der Waals surface area contributed by atoms with E-state index in [1.807, 2.05) is 0 Å². The highest BCUT2D eigenvalue weighted by atomic mass is 32.2. The van der Waals surface area contributed by atoms with Gasteiger partial charge in [0.05, 0.1) is 17.7 Å². The summed E-state index contributed by atoms with van der Waals surface area (Å²) in [6.07, 6.45) is -0.542. The van der Waals surface area contributed by atoms with Gasteiger partial charge in [-0.25, -0.2) is 27.0 Å². The number of sulfonamides is 1. The molecule has 0 unspecified atom stereocenters. The minimum absolute atomic E-state index is 0.0540. The average Bonchev–Trinajstić information content (AvgIpc) is 2.99. The van der Waals surface area contributed by atoms with E-state index in [1.54, 1.807) is 0 Å². The summed E-state index contributed by atoms with van der Waals surface area (Å²) in [4.78, 5) is 15.6. The molecule has 0 aliphatic carbocycles. The Morgan fingerprint density at radius 1 is 1.26 bits per heavy atom. The zero-order valence-electron chi connectivity index (χ0n) is 14.2. The number of esters is 1. The number of aryl methyl sites for hydroxylation is 1. The fraction of sp³-hybridized carbons (Fsp3) is 0.188. The third-order valence-electron chi connectivity index (χ3n) is 3.74. The summed E-state index contributed by atoms with van der Waals surface area (Å²) in [6.45, 7) is 0. The smallest absolute Gasteiger partial charge is 0.357 e. The highest BCUT2D eigenvalue weighted by Gasteiger charge is 2.25. The van der Waals surface area contributed by atoms with Crippen LogP contribution in [0.5, 0.6) is 0 Å². The molecule has 8 nitrogen and oxygen atoms in total. The third kappa shape index (κ3) is 3.45. The zero-order valence-corrected chi connectivity index (χ0v) is 15.0. The molecule has 0 radical (unpaired) electrons. The molecule has 1 N–H and O–H groups in total.